The van der Waals surface area contributed by atoms with Crippen LogP contribution in [0, 0.1) is 0 Å². The van der Waals surface area contributed by atoms with Gasteiger partial charge in [-0.1, -0.05) is 0 Å². The number of hydrogen-bond donors (Lipinski definition) is 0. The van der Waals surface area contributed by atoms with E-state index in [0.29, 0.717) is 12.4 Å². The van der Waals surface area contributed by atoms with Crippen molar-refractivity contribution in [1.82, 2.24) is 0 Å². The van der Waals surface area contributed by atoms with Crippen LogP contribution in [0.3, 0.4) is 0 Å². The van der Waals surface area contributed by atoms with Gasteiger partial charge in [0.05, 0.1) is 14.2 Å². The van der Waals surface area contributed by atoms with Crippen LogP contribution in [0.15, 0.2) is 24.3 Å². The monoisotopic (exact) mass is 238 g/mol. The summed E-state index contributed by atoms with van der Waals surface area (Å²) in [6.45, 7) is 0.339. The first-order valence-corrected chi connectivity index (χ1v) is 5.24. The van der Waals surface area contributed by atoms with E-state index < -0.39 is 6.10 Å². The number of epoxide rings is 1. The van der Waals surface area contributed by atoms with Crippen LogP contribution in [0.25, 0.3) is 0 Å². The summed E-state index contributed by atoms with van der Waals surface area (Å²) in [7, 11) is 2.94. The molecule has 0 unspecified atom stereocenters. The number of ether oxygens (including phenoxy) is 4. The Kier molecular flexibility index (Phi) is 3.49. The van der Waals surface area contributed by atoms with Crippen molar-refractivity contribution in [2.75, 3.05) is 20.8 Å². The van der Waals surface area contributed by atoms with Gasteiger partial charge in [-0.3, -0.25) is 0 Å². The van der Waals surface area contributed by atoms with E-state index >= 15 is 0 Å². The highest BCUT2D eigenvalue weighted by Gasteiger charge is 2.46. The van der Waals surface area contributed by atoms with Crippen molar-refractivity contribution in [3.05, 3.63) is 24.3 Å². The summed E-state index contributed by atoms with van der Waals surface area (Å²) in [5.74, 6) is 1.13. The molecule has 1 saturated heterocycles. The van der Waals surface area contributed by atoms with Gasteiger partial charge < -0.3 is 18.9 Å². The minimum atomic E-state index is -0.474. The van der Waals surface area contributed by atoms with Crippen molar-refractivity contribution in [2.45, 2.75) is 12.2 Å². The topological polar surface area (TPSA) is 57.3 Å². The maximum Gasteiger partial charge on any atom is 0.337 e. The molecule has 1 aromatic carbocycles. The Labute approximate surface area is 99.2 Å². The third kappa shape index (κ3) is 2.88. The second kappa shape index (κ2) is 5.05. The molecule has 0 radical (unpaired) electrons. The summed E-state index contributed by atoms with van der Waals surface area (Å²) in [5, 5.41) is 0. The third-order valence-corrected chi connectivity index (χ3v) is 2.49. The van der Waals surface area contributed by atoms with Gasteiger partial charge in [-0.2, -0.15) is 0 Å². The maximum absolute atomic E-state index is 11.1. The Hall–Kier alpha value is -1.75. The second-order valence-corrected chi connectivity index (χ2v) is 3.60. The van der Waals surface area contributed by atoms with Crippen LogP contribution in [0.4, 0.5) is 0 Å². The van der Waals surface area contributed by atoms with Crippen LogP contribution < -0.4 is 9.47 Å². The smallest absolute Gasteiger partial charge is 0.337 e. The van der Waals surface area contributed by atoms with Gasteiger partial charge in [0.2, 0.25) is 0 Å². The normalized spacial score (nSPS) is 21.8. The van der Waals surface area contributed by atoms with Crippen LogP contribution >= 0.6 is 0 Å². The lowest BCUT2D eigenvalue weighted by Gasteiger charge is -2.05. The van der Waals surface area contributed by atoms with E-state index in [9.17, 15) is 4.79 Å². The van der Waals surface area contributed by atoms with E-state index in [1.54, 1.807) is 31.4 Å². The Morgan fingerprint density at radius 1 is 1.24 bits per heavy atom. The summed E-state index contributed by atoms with van der Waals surface area (Å²) in [6.07, 6.45) is -0.678. The van der Waals surface area contributed by atoms with Gasteiger partial charge in [0.15, 0.2) is 6.10 Å². The average Bonchev–Trinajstić information content (AvgIpc) is 3.15. The molecule has 1 aliphatic heterocycles. The molecule has 5 heteroatoms. The van der Waals surface area contributed by atoms with E-state index in [0.717, 1.165) is 5.75 Å². The van der Waals surface area contributed by atoms with Gasteiger partial charge in [0.25, 0.3) is 0 Å². The molecular formula is C12H14O5. The molecule has 2 rings (SSSR count). The Morgan fingerprint density at radius 2 is 1.88 bits per heavy atom. The molecule has 0 N–H and O–H groups in total. The molecular weight excluding hydrogens is 224 g/mol. The highest BCUT2D eigenvalue weighted by atomic mass is 16.7. The zero-order valence-corrected chi connectivity index (χ0v) is 9.71. The Morgan fingerprint density at radius 3 is 2.47 bits per heavy atom. The van der Waals surface area contributed by atoms with E-state index in [1.807, 2.05) is 0 Å². The van der Waals surface area contributed by atoms with Crippen molar-refractivity contribution < 1.29 is 23.7 Å². The zero-order valence-electron chi connectivity index (χ0n) is 9.71. The molecule has 0 aromatic heterocycles. The SMILES string of the molecule is COC(=O)[C@H]1O[C@@H]1COc1ccc(OC)cc1. The van der Waals surface area contributed by atoms with E-state index in [2.05, 4.69) is 4.74 Å². The lowest BCUT2D eigenvalue weighted by atomic mass is 10.3. The largest absolute Gasteiger partial charge is 0.497 e. The lowest BCUT2D eigenvalue weighted by molar-refractivity contribution is -0.142. The van der Waals surface area contributed by atoms with Crippen LogP contribution in [-0.2, 0) is 14.3 Å². The van der Waals surface area contributed by atoms with Crippen LogP contribution in [0.1, 0.15) is 0 Å². The number of carbonyl (C=O) groups excluding carboxylic acids is 1. The lowest BCUT2D eigenvalue weighted by Crippen LogP contribution is -2.15. The van der Waals surface area contributed by atoms with Gasteiger partial charge in [-0.15, -0.1) is 0 Å². The minimum absolute atomic E-state index is 0.204. The molecule has 1 heterocycles. The molecule has 0 aliphatic carbocycles. The second-order valence-electron chi connectivity index (χ2n) is 3.60. The number of hydrogen-bond acceptors (Lipinski definition) is 5. The predicted octanol–water partition coefficient (Wildman–Crippen LogP) is 1.01. The van der Waals surface area contributed by atoms with Gasteiger partial charge in [-0.05, 0) is 24.3 Å². The fraction of sp³-hybridized carbons (Fsp3) is 0.417. The van der Waals surface area contributed by atoms with Gasteiger partial charge in [-0.25, -0.2) is 4.79 Å². The fourth-order valence-corrected chi connectivity index (χ4v) is 1.44. The van der Waals surface area contributed by atoms with Crippen molar-refractivity contribution >= 4 is 5.97 Å². The molecule has 1 aliphatic rings. The summed E-state index contributed by atoms with van der Waals surface area (Å²) in [6, 6.07) is 7.21. The van der Waals surface area contributed by atoms with Crippen molar-refractivity contribution in [2.24, 2.45) is 0 Å². The van der Waals surface area contributed by atoms with Crippen LogP contribution in [0.2, 0.25) is 0 Å². The van der Waals surface area contributed by atoms with E-state index in [1.165, 1.54) is 7.11 Å². The molecule has 0 amide bonds. The highest BCUT2D eigenvalue weighted by molar-refractivity contribution is 5.77. The van der Waals surface area contributed by atoms with Crippen molar-refractivity contribution in [3.8, 4) is 11.5 Å². The van der Waals surface area contributed by atoms with Crippen molar-refractivity contribution in [3.63, 3.8) is 0 Å². The molecule has 0 saturated carbocycles. The standard InChI is InChI=1S/C12H14O5/c1-14-8-3-5-9(6-4-8)16-7-10-11(17-10)12(13)15-2/h3-6,10-11H,7H2,1-2H3/t10-,11+/m1/s1. The van der Waals surface area contributed by atoms with Gasteiger partial charge in [0, 0.05) is 0 Å². The molecule has 1 aromatic rings. The Bertz CT molecular complexity index is 386. The van der Waals surface area contributed by atoms with Crippen LogP contribution in [0.5, 0.6) is 11.5 Å². The highest BCUT2D eigenvalue weighted by Crippen LogP contribution is 2.25. The average molecular weight is 238 g/mol. The Balaban J connectivity index is 1.77. The van der Waals surface area contributed by atoms with Crippen LogP contribution in [-0.4, -0.2) is 39.0 Å². The summed E-state index contributed by atoms with van der Waals surface area (Å²) < 4.78 is 20.2. The number of rotatable bonds is 5. The number of benzene rings is 1. The van der Waals surface area contributed by atoms with E-state index in [-0.39, 0.29) is 12.1 Å². The molecule has 2 atom stereocenters. The summed E-state index contributed by atoms with van der Waals surface area (Å²) in [5.41, 5.74) is 0. The molecule has 92 valence electrons. The molecule has 1 fully saturated rings. The number of esters is 1. The minimum Gasteiger partial charge on any atom is -0.497 e. The first-order chi connectivity index (χ1) is 8.24. The quantitative estimate of drug-likeness (QED) is 0.566. The first kappa shape index (κ1) is 11.7. The summed E-state index contributed by atoms with van der Waals surface area (Å²) in [4.78, 5) is 11.1. The molecule has 17 heavy (non-hydrogen) atoms. The maximum atomic E-state index is 11.1. The van der Waals surface area contributed by atoms with Gasteiger partial charge in [0.1, 0.15) is 24.2 Å². The fourth-order valence-electron chi connectivity index (χ4n) is 1.44. The third-order valence-electron chi connectivity index (χ3n) is 2.49. The summed E-state index contributed by atoms with van der Waals surface area (Å²) >= 11 is 0. The zero-order chi connectivity index (χ0) is 12.3. The first-order valence-electron chi connectivity index (χ1n) is 5.24. The number of carbonyl (C=O) groups is 1. The van der Waals surface area contributed by atoms with Crippen molar-refractivity contribution in [1.29, 1.82) is 0 Å². The molecule has 0 bridgehead atoms. The van der Waals surface area contributed by atoms with E-state index in [4.69, 9.17) is 14.2 Å². The molecule has 5 nitrogen and oxygen atoms in total. The molecule has 0 spiro atoms. The van der Waals surface area contributed by atoms with Gasteiger partial charge >= 0.3 is 5.97 Å². The number of methoxy groups -OCH3 is 2. The predicted molar refractivity (Wildman–Crippen MR) is 59.2 cm³/mol.